The molecule has 0 heterocycles. The Hall–Kier alpha value is -0.380. The van der Waals surface area contributed by atoms with Gasteiger partial charge < -0.3 is 5.73 Å². The van der Waals surface area contributed by atoms with Gasteiger partial charge in [-0.2, -0.15) is 0 Å². The van der Waals surface area contributed by atoms with Crippen LogP contribution in [0.4, 0.5) is 0 Å². The molecular formula is C15H23BrN2. The zero-order valence-electron chi connectivity index (χ0n) is 11.3. The fraction of sp³-hybridized carbons (Fsp3) is 0.600. The molecule has 1 saturated carbocycles. The van der Waals surface area contributed by atoms with Crippen molar-refractivity contribution in [3.63, 3.8) is 0 Å². The van der Waals surface area contributed by atoms with Crippen LogP contribution in [-0.4, -0.2) is 24.0 Å². The smallest absolute Gasteiger partial charge is 0.0320 e. The molecule has 2 N–H and O–H groups in total. The molecule has 2 nitrogen and oxygen atoms in total. The van der Waals surface area contributed by atoms with Crippen molar-refractivity contribution in [2.45, 2.75) is 50.7 Å². The van der Waals surface area contributed by atoms with Gasteiger partial charge in [0.05, 0.1) is 0 Å². The number of hydrogen-bond acceptors (Lipinski definition) is 2. The minimum Gasteiger partial charge on any atom is -0.328 e. The van der Waals surface area contributed by atoms with E-state index in [1.165, 1.54) is 31.2 Å². The van der Waals surface area contributed by atoms with Crippen molar-refractivity contribution >= 4 is 15.9 Å². The molecule has 3 heteroatoms. The number of halogens is 1. The van der Waals surface area contributed by atoms with E-state index in [0.29, 0.717) is 18.1 Å². The van der Waals surface area contributed by atoms with Crippen molar-refractivity contribution in [1.29, 1.82) is 0 Å². The third kappa shape index (κ3) is 3.34. The van der Waals surface area contributed by atoms with Gasteiger partial charge in [-0.1, -0.05) is 28.1 Å². The van der Waals surface area contributed by atoms with E-state index in [4.69, 9.17) is 5.73 Å². The lowest BCUT2D eigenvalue weighted by Gasteiger charge is -2.37. The Morgan fingerprint density at radius 3 is 2.56 bits per heavy atom. The summed E-state index contributed by atoms with van der Waals surface area (Å²) in [6.45, 7) is 2.29. The van der Waals surface area contributed by atoms with E-state index in [2.05, 4.69) is 59.1 Å². The fourth-order valence-electron chi connectivity index (χ4n) is 2.83. The van der Waals surface area contributed by atoms with Gasteiger partial charge in [0.25, 0.3) is 0 Å². The van der Waals surface area contributed by atoms with Crippen LogP contribution in [0.25, 0.3) is 0 Å². The van der Waals surface area contributed by atoms with Gasteiger partial charge in [-0.25, -0.2) is 0 Å². The van der Waals surface area contributed by atoms with Crippen molar-refractivity contribution in [2.24, 2.45) is 5.73 Å². The lowest BCUT2D eigenvalue weighted by molar-refractivity contribution is 0.140. The molecule has 1 unspecified atom stereocenters. The summed E-state index contributed by atoms with van der Waals surface area (Å²) < 4.78 is 1.16. The summed E-state index contributed by atoms with van der Waals surface area (Å²) in [5.74, 6) is 0. The Labute approximate surface area is 119 Å². The molecule has 2 rings (SSSR count). The molecule has 1 fully saturated rings. The van der Waals surface area contributed by atoms with Crippen molar-refractivity contribution in [3.05, 3.63) is 34.3 Å². The van der Waals surface area contributed by atoms with Crippen molar-refractivity contribution in [1.82, 2.24) is 4.90 Å². The number of benzene rings is 1. The molecule has 0 amide bonds. The molecule has 100 valence electrons. The Morgan fingerprint density at radius 2 is 1.94 bits per heavy atom. The Balaban J connectivity index is 2.02. The zero-order chi connectivity index (χ0) is 13.1. The molecule has 1 atom stereocenters. The summed E-state index contributed by atoms with van der Waals surface area (Å²) in [6, 6.07) is 10.2. The minimum atomic E-state index is 0.427. The van der Waals surface area contributed by atoms with Gasteiger partial charge in [-0.3, -0.25) is 4.90 Å². The second-order valence-electron chi connectivity index (χ2n) is 5.47. The van der Waals surface area contributed by atoms with Gasteiger partial charge in [-0.05, 0) is 57.4 Å². The van der Waals surface area contributed by atoms with E-state index < -0.39 is 0 Å². The maximum atomic E-state index is 5.98. The Kier molecular flexibility index (Phi) is 4.82. The normalized spacial score (nSPS) is 26.3. The van der Waals surface area contributed by atoms with Crippen LogP contribution in [0.3, 0.4) is 0 Å². The molecule has 1 aliphatic rings. The van der Waals surface area contributed by atoms with Crippen molar-refractivity contribution in [2.75, 3.05) is 7.05 Å². The van der Waals surface area contributed by atoms with Crippen LogP contribution in [0, 0.1) is 0 Å². The Bertz CT molecular complexity index is 386. The molecule has 1 aliphatic carbocycles. The second-order valence-corrected chi connectivity index (χ2v) is 6.38. The molecule has 0 spiro atoms. The van der Waals surface area contributed by atoms with Crippen LogP contribution in [0.2, 0.25) is 0 Å². The number of nitrogens with two attached hydrogens (primary N) is 1. The maximum absolute atomic E-state index is 5.98. The van der Waals surface area contributed by atoms with Crippen LogP contribution < -0.4 is 5.73 Å². The van der Waals surface area contributed by atoms with Crippen LogP contribution >= 0.6 is 15.9 Å². The summed E-state index contributed by atoms with van der Waals surface area (Å²) in [7, 11) is 2.24. The standard InChI is InChI=1S/C15H23BrN2/c1-11(12-4-3-5-13(16)10-12)18(2)15-8-6-14(17)7-9-15/h3-5,10-11,14-15H,6-9,17H2,1-2H3. The molecule has 0 aromatic heterocycles. The molecule has 0 aliphatic heterocycles. The number of rotatable bonds is 3. The SMILES string of the molecule is CC(c1cccc(Br)c1)N(C)C1CCC(N)CC1. The van der Waals surface area contributed by atoms with Gasteiger partial charge in [0, 0.05) is 22.6 Å². The molecule has 0 saturated heterocycles. The number of hydrogen-bond donors (Lipinski definition) is 1. The largest absolute Gasteiger partial charge is 0.328 e. The number of nitrogens with zero attached hydrogens (tertiary/aromatic N) is 1. The van der Waals surface area contributed by atoms with E-state index >= 15 is 0 Å². The minimum absolute atomic E-state index is 0.427. The lowest BCUT2D eigenvalue weighted by atomic mass is 9.90. The maximum Gasteiger partial charge on any atom is 0.0320 e. The molecule has 1 aromatic rings. The molecule has 0 radical (unpaired) electrons. The van der Waals surface area contributed by atoms with Crippen molar-refractivity contribution in [3.8, 4) is 0 Å². The summed E-state index contributed by atoms with van der Waals surface area (Å²) in [5.41, 5.74) is 7.36. The summed E-state index contributed by atoms with van der Waals surface area (Å²) in [5, 5.41) is 0. The van der Waals surface area contributed by atoms with E-state index in [0.717, 1.165) is 4.47 Å². The predicted molar refractivity (Wildman–Crippen MR) is 80.6 cm³/mol. The first-order chi connectivity index (χ1) is 8.58. The predicted octanol–water partition coefficient (Wildman–Crippen LogP) is 3.71. The van der Waals surface area contributed by atoms with E-state index in [-0.39, 0.29) is 0 Å². The van der Waals surface area contributed by atoms with Gasteiger partial charge in [0.2, 0.25) is 0 Å². The molecular weight excluding hydrogens is 288 g/mol. The fourth-order valence-corrected chi connectivity index (χ4v) is 3.24. The van der Waals surface area contributed by atoms with Crippen LogP contribution in [0.1, 0.15) is 44.2 Å². The van der Waals surface area contributed by atoms with Gasteiger partial charge >= 0.3 is 0 Å². The van der Waals surface area contributed by atoms with Gasteiger partial charge in [0.1, 0.15) is 0 Å². The average molecular weight is 311 g/mol. The first-order valence-corrected chi connectivity index (χ1v) is 7.60. The third-order valence-electron chi connectivity index (χ3n) is 4.26. The lowest BCUT2D eigenvalue weighted by Crippen LogP contribution is -2.39. The molecule has 18 heavy (non-hydrogen) atoms. The first kappa shape index (κ1) is 14.0. The van der Waals surface area contributed by atoms with E-state index in [9.17, 15) is 0 Å². The highest BCUT2D eigenvalue weighted by atomic mass is 79.9. The Morgan fingerprint density at radius 1 is 1.28 bits per heavy atom. The van der Waals surface area contributed by atoms with Crippen LogP contribution in [0.5, 0.6) is 0 Å². The van der Waals surface area contributed by atoms with Crippen molar-refractivity contribution < 1.29 is 0 Å². The monoisotopic (exact) mass is 310 g/mol. The van der Waals surface area contributed by atoms with Crippen LogP contribution in [0.15, 0.2) is 28.7 Å². The van der Waals surface area contributed by atoms with E-state index in [1.807, 2.05) is 0 Å². The summed E-state index contributed by atoms with van der Waals surface area (Å²) in [6.07, 6.45) is 4.80. The first-order valence-electron chi connectivity index (χ1n) is 6.81. The highest BCUT2D eigenvalue weighted by Gasteiger charge is 2.25. The highest BCUT2D eigenvalue weighted by Crippen LogP contribution is 2.29. The average Bonchev–Trinajstić information content (AvgIpc) is 2.38. The topological polar surface area (TPSA) is 29.3 Å². The zero-order valence-corrected chi connectivity index (χ0v) is 12.9. The molecule has 0 bridgehead atoms. The van der Waals surface area contributed by atoms with Gasteiger partial charge in [-0.15, -0.1) is 0 Å². The van der Waals surface area contributed by atoms with Gasteiger partial charge in [0.15, 0.2) is 0 Å². The second kappa shape index (κ2) is 6.18. The molecule has 1 aromatic carbocycles. The summed E-state index contributed by atoms with van der Waals surface area (Å²) in [4.78, 5) is 2.51. The summed E-state index contributed by atoms with van der Waals surface area (Å²) >= 11 is 3.55. The van der Waals surface area contributed by atoms with E-state index in [1.54, 1.807) is 0 Å². The highest BCUT2D eigenvalue weighted by molar-refractivity contribution is 9.10. The third-order valence-corrected chi connectivity index (χ3v) is 4.75. The quantitative estimate of drug-likeness (QED) is 0.922. The van der Waals surface area contributed by atoms with Crippen LogP contribution in [-0.2, 0) is 0 Å².